The van der Waals surface area contributed by atoms with Gasteiger partial charge in [0, 0.05) is 16.3 Å². The fourth-order valence-corrected chi connectivity index (χ4v) is 6.70. The molecular formula is C24H24N4O2S3. The van der Waals surface area contributed by atoms with Crippen molar-refractivity contribution in [2.45, 2.75) is 48.7 Å². The van der Waals surface area contributed by atoms with Crippen molar-refractivity contribution in [2.24, 2.45) is 0 Å². The molecule has 9 heteroatoms. The second-order valence-corrected chi connectivity index (χ2v) is 10.7. The number of carbonyl (C=O) groups excluding carboxylic acids is 1. The van der Waals surface area contributed by atoms with Crippen LogP contribution in [0.1, 0.15) is 29.7 Å². The first-order valence-corrected chi connectivity index (χ1v) is 13.6. The molecule has 6 nitrogen and oxygen atoms in total. The van der Waals surface area contributed by atoms with E-state index in [2.05, 4.69) is 18.0 Å². The van der Waals surface area contributed by atoms with Crippen LogP contribution < -0.4 is 10.9 Å². The normalized spacial score (nSPS) is 13.2. The molecule has 0 atom stereocenters. The first-order chi connectivity index (χ1) is 16.1. The zero-order chi connectivity index (χ0) is 23.2. The van der Waals surface area contributed by atoms with Gasteiger partial charge in [-0.15, -0.1) is 29.7 Å². The van der Waals surface area contributed by atoms with Crippen LogP contribution in [0.3, 0.4) is 0 Å². The molecule has 1 aliphatic rings. The van der Waals surface area contributed by atoms with Crippen molar-refractivity contribution in [3.8, 4) is 6.07 Å². The smallest absolute Gasteiger partial charge is 0.263 e. The lowest BCUT2D eigenvalue weighted by molar-refractivity contribution is -0.113. The highest BCUT2D eigenvalue weighted by atomic mass is 32.2. The Hall–Kier alpha value is -2.54. The first kappa shape index (κ1) is 23.6. The van der Waals surface area contributed by atoms with Gasteiger partial charge in [0.2, 0.25) is 5.91 Å². The quantitative estimate of drug-likeness (QED) is 0.198. The van der Waals surface area contributed by atoms with Crippen LogP contribution >= 0.6 is 34.9 Å². The average Bonchev–Trinajstić information content (AvgIpc) is 3.00. The molecule has 1 aliphatic carbocycles. The van der Waals surface area contributed by atoms with Gasteiger partial charge in [-0.2, -0.15) is 5.26 Å². The van der Waals surface area contributed by atoms with Gasteiger partial charge >= 0.3 is 0 Å². The molecule has 1 N–H and O–H groups in total. The Balaban J connectivity index is 1.57. The van der Waals surface area contributed by atoms with Crippen molar-refractivity contribution >= 4 is 56.7 Å². The Bertz CT molecular complexity index is 1290. The predicted molar refractivity (Wildman–Crippen MR) is 137 cm³/mol. The summed E-state index contributed by atoms with van der Waals surface area (Å²) in [4.78, 5) is 33.8. The number of nitriles is 1. The second-order valence-electron chi connectivity index (χ2n) is 7.62. The summed E-state index contributed by atoms with van der Waals surface area (Å²) in [5.41, 5.74) is 1.81. The summed E-state index contributed by atoms with van der Waals surface area (Å²) < 4.78 is 1.63. The third-order valence-corrected chi connectivity index (χ3v) is 8.49. The molecule has 0 saturated carbocycles. The average molecular weight is 497 g/mol. The number of nitrogens with one attached hydrogen (secondary N) is 1. The molecule has 0 saturated heterocycles. The number of anilines is 1. The molecule has 0 unspecified atom stereocenters. The van der Waals surface area contributed by atoms with Gasteiger partial charge in [-0.25, -0.2) is 4.98 Å². The molecule has 0 aliphatic heterocycles. The number of thioether (sulfide) groups is 2. The zero-order valence-electron chi connectivity index (χ0n) is 18.1. The Labute approximate surface area is 205 Å². The Morgan fingerprint density at radius 3 is 2.91 bits per heavy atom. The van der Waals surface area contributed by atoms with Crippen molar-refractivity contribution in [1.82, 2.24) is 9.55 Å². The number of rotatable bonds is 8. The van der Waals surface area contributed by atoms with Gasteiger partial charge in [-0.3, -0.25) is 14.2 Å². The van der Waals surface area contributed by atoms with Crippen molar-refractivity contribution in [3.63, 3.8) is 0 Å². The summed E-state index contributed by atoms with van der Waals surface area (Å²) in [5, 5.41) is 13.0. The number of nitrogens with zero attached hydrogens (tertiary/aromatic N) is 3. The van der Waals surface area contributed by atoms with Crippen molar-refractivity contribution in [1.29, 1.82) is 5.26 Å². The highest BCUT2D eigenvalue weighted by Crippen LogP contribution is 2.34. The molecule has 2 heterocycles. The monoisotopic (exact) mass is 496 g/mol. The maximum Gasteiger partial charge on any atom is 0.263 e. The van der Waals surface area contributed by atoms with E-state index < -0.39 is 0 Å². The van der Waals surface area contributed by atoms with E-state index in [1.807, 2.05) is 24.3 Å². The highest BCUT2D eigenvalue weighted by molar-refractivity contribution is 8.00. The van der Waals surface area contributed by atoms with Crippen molar-refractivity contribution in [2.75, 3.05) is 16.8 Å². The minimum Gasteiger partial charge on any atom is -0.324 e. The third-order valence-electron chi connectivity index (χ3n) is 5.39. The fraction of sp³-hybridized carbons (Fsp3) is 0.333. The molecule has 3 aromatic rings. The standard InChI is InChI=1S/C24H24N4O2S3/c1-2-13-28-23(30)21-16-8-4-3-5-10-18(16)33-22(21)27-24(28)32-15-20(29)26-17-9-6-7-11-19(17)31-14-12-25/h2,6-7,9,11H,1,3-5,8,10,13-15H2,(H,26,29). The molecular weight excluding hydrogens is 472 g/mol. The summed E-state index contributed by atoms with van der Waals surface area (Å²) in [7, 11) is 0. The number of amides is 1. The van der Waals surface area contributed by atoms with Crippen LogP contribution in [0.5, 0.6) is 0 Å². The lowest BCUT2D eigenvalue weighted by Gasteiger charge is -2.12. The Morgan fingerprint density at radius 1 is 1.27 bits per heavy atom. The summed E-state index contributed by atoms with van der Waals surface area (Å²) in [6.45, 7) is 4.15. The second kappa shape index (κ2) is 11.1. The number of hydrogen-bond donors (Lipinski definition) is 1. The lowest BCUT2D eigenvalue weighted by atomic mass is 10.1. The summed E-state index contributed by atoms with van der Waals surface area (Å²) >= 11 is 4.26. The Morgan fingerprint density at radius 2 is 2.09 bits per heavy atom. The number of aryl methyl sites for hydroxylation is 2. The first-order valence-electron chi connectivity index (χ1n) is 10.8. The maximum atomic E-state index is 13.4. The van der Waals surface area contributed by atoms with E-state index in [1.54, 1.807) is 22.0 Å². The van der Waals surface area contributed by atoms with Gasteiger partial charge in [0.1, 0.15) is 4.83 Å². The zero-order valence-corrected chi connectivity index (χ0v) is 20.6. The molecule has 2 aromatic heterocycles. The summed E-state index contributed by atoms with van der Waals surface area (Å²) in [6.07, 6.45) is 7.07. The van der Waals surface area contributed by atoms with E-state index in [4.69, 9.17) is 10.2 Å². The van der Waals surface area contributed by atoms with Crippen LogP contribution in [-0.2, 0) is 24.2 Å². The van der Waals surface area contributed by atoms with E-state index in [0.29, 0.717) is 23.1 Å². The molecule has 1 aromatic carbocycles. The number of thiophene rings is 1. The van der Waals surface area contributed by atoms with Crippen molar-refractivity contribution < 1.29 is 4.79 Å². The number of allylic oxidation sites excluding steroid dienone is 1. The van der Waals surface area contributed by atoms with Crippen LogP contribution in [0.4, 0.5) is 5.69 Å². The SMILES string of the molecule is C=CCn1c(SCC(=O)Nc2ccccc2SCC#N)nc2sc3c(c2c1=O)CCCCC3. The number of para-hydroxylation sites is 1. The molecule has 4 rings (SSSR count). The van der Waals surface area contributed by atoms with Gasteiger partial charge in [-0.05, 0) is 43.4 Å². The Kier molecular flexibility index (Phi) is 7.91. The molecule has 0 spiro atoms. The minimum atomic E-state index is -0.188. The van der Waals surface area contributed by atoms with E-state index in [-0.39, 0.29) is 17.2 Å². The van der Waals surface area contributed by atoms with Crippen molar-refractivity contribution in [3.05, 3.63) is 57.7 Å². The number of carbonyl (C=O) groups is 1. The van der Waals surface area contributed by atoms with E-state index in [1.165, 1.54) is 40.4 Å². The molecule has 0 fully saturated rings. The molecule has 170 valence electrons. The minimum absolute atomic E-state index is 0.0412. The van der Waals surface area contributed by atoms with Crippen LogP contribution in [-0.4, -0.2) is 27.0 Å². The third kappa shape index (κ3) is 5.35. The largest absolute Gasteiger partial charge is 0.324 e. The predicted octanol–water partition coefficient (Wildman–Crippen LogP) is 5.26. The van der Waals surface area contributed by atoms with Gasteiger partial charge in [-0.1, -0.05) is 36.4 Å². The number of hydrogen-bond acceptors (Lipinski definition) is 7. The van der Waals surface area contributed by atoms with Gasteiger partial charge < -0.3 is 5.32 Å². The fourth-order valence-electron chi connectivity index (χ4n) is 3.92. The lowest BCUT2D eigenvalue weighted by Crippen LogP contribution is -2.24. The summed E-state index contributed by atoms with van der Waals surface area (Å²) in [5.74, 6) is 0.244. The van der Waals surface area contributed by atoms with Gasteiger partial charge in [0.25, 0.3) is 5.56 Å². The number of aromatic nitrogens is 2. The maximum absolute atomic E-state index is 13.4. The molecule has 0 bridgehead atoms. The van der Waals surface area contributed by atoms with E-state index in [9.17, 15) is 9.59 Å². The molecule has 0 radical (unpaired) electrons. The van der Waals surface area contributed by atoms with Gasteiger partial charge in [0.15, 0.2) is 5.16 Å². The van der Waals surface area contributed by atoms with E-state index in [0.717, 1.165) is 40.8 Å². The number of benzene rings is 1. The van der Waals surface area contributed by atoms with Crippen LogP contribution in [0.15, 0.2) is 51.8 Å². The van der Waals surface area contributed by atoms with Gasteiger partial charge in [0.05, 0.1) is 28.6 Å². The number of fused-ring (bicyclic) bond motifs is 3. The van der Waals surface area contributed by atoms with Crippen LogP contribution in [0, 0.1) is 11.3 Å². The summed E-state index contributed by atoms with van der Waals surface area (Å²) in [6, 6.07) is 9.52. The highest BCUT2D eigenvalue weighted by Gasteiger charge is 2.21. The van der Waals surface area contributed by atoms with Crippen LogP contribution in [0.25, 0.3) is 10.2 Å². The topological polar surface area (TPSA) is 87.8 Å². The van der Waals surface area contributed by atoms with Crippen LogP contribution in [0.2, 0.25) is 0 Å². The van der Waals surface area contributed by atoms with E-state index >= 15 is 0 Å². The molecule has 1 amide bonds. The molecule has 33 heavy (non-hydrogen) atoms.